The van der Waals surface area contributed by atoms with Gasteiger partial charge in [0.1, 0.15) is 0 Å². The number of carbonyl (C=O) groups excluding carboxylic acids is 1. The number of piperidine rings is 1. The number of amides is 1. The van der Waals surface area contributed by atoms with Gasteiger partial charge in [0.05, 0.1) is 21.4 Å². The van der Waals surface area contributed by atoms with Gasteiger partial charge in [0.15, 0.2) is 0 Å². The van der Waals surface area contributed by atoms with Crippen molar-refractivity contribution in [1.82, 2.24) is 4.31 Å². The largest absolute Gasteiger partial charge is 0.481 e. The fourth-order valence-electron chi connectivity index (χ4n) is 2.76. The van der Waals surface area contributed by atoms with Gasteiger partial charge in [0, 0.05) is 13.1 Å². The molecule has 3 N–H and O–H groups in total. The molecule has 2 aromatic carbocycles. The van der Waals surface area contributed by atoms with Crippen LogP contribution >= 0.6 is 11.6 Å². The van der Waals surface area contributed by atoms with E-state index in [4.69, 9.17) is 22.4 Å². The van der Waals surface area contributed by atoms with E-state index in [1.807, 2.05) is 0 Å². The second-order valence-electron chi connectivity index (χ2n) is 6.20. The summed E-state index contributed by atoms with van der Waals surface area (Å²) >= 11 is 5.62. The summed E-state index contributed by atoms with van der Waals surface area (Å²) < 4.78 is 25.8. The van der Waals surface area contributed by atoms with Crippen LogP contribution in [0.4, 0.5) is 0 Å². The third-order valence-electron chi connectivity index (χ3n) is 4.25. The van der Waals surface area contributed by atoms with Crippen LogP contribution in [-0.4, -0.2) is 42.8 Å². The second kappa shape index (κ2) is 9.68. The Hall–Kier alpha value is -2.42. The van der Waals surface area contributed by atoms with Crippen molar-refractivity contribution in [2.45, 2.75) is 17.7 Å². The molecular formula is C19H21ClN2O5S. The van der Waals surface area contributed by atoms with Gasteiger partial charge in [-0.3, -0.25) is 9.59 Å². The zero-order valence-corrected chi connectivity index (χ0v) is 16.6. The first-order chi connectivity index (χ1) is 13.2. The highest BCUT2D eigenvalue weighted by Gasteiger charge is 2.32. The lowest BCUT2D eigenvalue weighted by molar-refractivity contribution is -0.142. The molecule has 7 nitrogen and oxygen atoms in total. The Morgan fingerprint density at radius 2 is 1.68 bits per heavy atom. The normalized spacial score (nSPS) is 17.2. The van der Waals surface area contributed by atoms with Crippen molar-refractivity contribution < 1.29 is 23.1 Å². The molecule has 0 spiro atoms. The van der Waals surface area contributed by atoms with Crippen LogP contribution in [0, 0.1) is 5.92 Å². The van der Waals surface area contributed by atoms with Gasteiger partial charge in [-0.05, 0) is 37.1 Å². The predicted molar refractivity (Wildman–Crippen MR) is 106 cm³/mol. The third-order valence-corrected chi connectivity index (χ3v) is 6.46. The fourth-order valence-corrected chi connectivity index (χ4v) is 4.54. The number of carboxylic acid groups (broad SMARTS) is 1. The Labute approximate surface area is 168 Å². The average molecular weight is 425 g/mol. The highest BCUT2D eigenvalue weighted by Crippen LogP contribution is 2.23. The molecule has 0 aliphatic carbocycles. The molecule has 1 aliphatic rings. The van der Waals surface area contributed by atoms with E-state index in [1.54, 1.807) is 42.5 Å². The molecule has 9 heteroatoms. The summed E-state index contributed by atoms with van der Waals surface area (Å²) in [6.45, 7) is 0.452. The standard InChI is InChI=1S/C12H15NO4S.C7H6ClNO/c14-12(15)10-5-4-8-13(9-10)18(16,17)11-6-2-1-3-7-11;8-6-4-2-1-3-5(6)7(9)10/h1-3,6-7,10H,4-5,8-9H2,(H,14,15);1-4H,(H2,9,10). The molecule has 1 unspecified atom stereocenters. The smallest absolute Gasteiger partial charge is 0.307 e. The number of benzene rings is 2. The molecule has 1 saturated heterocycles. The molecule has 0 aromatic heterocycles. The number of hydrogen-bond acceptors (Lipinski definition) is 4. The van der Waals surface area contributed by atoms with Crippen LogP contribution in [0.5, 0.6) is 0 Å². The molecule has 28 heavy (non-hydrogen) atoms. The summed E-state index contributed by atoms with van der Waals surface area (Å²) in [5.41, 5.74) is 5.36. The van der Waals surface area contributed by atoms with Crippen molar-refractivity contribution >= 4 is 33.5 Å². The van der Waals surface area contributed by atoms with Gasteiger partial charge in [-0.1, -0.05) is 41.9 Å². The maximum atomic E-state index is 12.3. The molecule has 1 aliphatic heterocycles. The molecule has 1 heterocycles. The first-order valence-corrected chi connectivity index (χ1v) is 10.4. The highest BCUT2D eigenvalue weighted by molar-refractivity contribution is 7.89. The number of sulfonamides is 1. The number of nitrogens with zero attached hydrogens (tertiary/aromatic N) is 1. The number of carboxylic acids is 1. The lowest BCUT2D eigenvalue weighted by Gasteiger charge is -2.29. The Morgan fingerprint density at radius 3 is 2.21 bits per heavy atom. The summed E-state index contributed by atoms with van der Waals surface area (Å²) in [5, 5.41) is 9.37. The Kier molecular flexibility index (Phi) is 7.56. The zero-order valence-electron chi connectivity index (χ0n) is 15.0. The average Bonchev–Trinajstić information content (AvgIpc) is 2.69. The molecule has 0 radical (unpaired) electrons. The molecule has 1 atom stereocenters. The summed E-state index contributed by atoms with van der Waals surface area (Å²) in [6, 6.07) is 14.8. The third kappa shape index (κ3) is 5.54. The minimum atomic E-state index is -3.56. The van der Waals surface area contributed by atoms with Gasteiger partial charge in [0.2, 0.25) is 15.9 Å². The predicted octanol–water partition coefficient (Wildman–Crippen LogP) is 2.61. The number of nitrogens with two attached hydrogens (primary N) is 1. The topological polar surface area (TPSA) is 118 Å². The van der Waals surface area contributed by atoms with Crippen LogP contribution in [0.2, 0.25) is 5.02 Å². The number of rotatable bonds is 4. The van der Waals surface area contributed by atoms with Crippen LogP contribution in [0.1, 0.15) is 23.2 Å². The van der Waals surface area contributed by atoms with Gasteiger partial charge < -0.3 is 10.8 Å². The van der Waals surface area contributed by atoms with Crippen LogP contribution < -0.4 is 5.73 Å². The van der Waals surface area contributed by atoms with E-state index in [0.29, 0.717) is 30.0 Å². The van der Waals surface area contributed by atoms with E-state index in [-0.39, 0.29) is 11.4 Å². The molecule has 2 aromatic rings. The number of primary amides is 1. The van der Waals surface area contributed by atoms with Gasteiger partial charge >= 0.3 is 5.97 Å². The number of hydrogen-bond donors (Lipinski definition) is 2. The minimum absolute atomic E-state index is 0.0621. The van der Waals surface area contributed by atoms with Crippen LogP contribution in [0.3, 0.4) is 0 Å². The maximum absolute atomic E-state index is 12.3. The van der Waals surface area contributed by atoms with Gasteiger partial charge in [-0.15, -0.1) is 0 Å². The van der Waals surface area contributed by atoms with E-state index in [0.717, 1.165) is 0 Å². The van der Waals surface area contributed by atoms with Crippen LogP contribution in [-0.2, 0) is 14.8 Å². The van der Waals surface area contributed by atoms with E-state index in [1.165, 1.54) is 16.4 Å². The lowest BCUT2D eigenvalue weighted by atomic mass is 10.0. The van der Waals surface area contributed by atoms with Crippen molar-refractivity contribution in [3.8, 4) is 0 Å². The highest BCUT2D eigenvalue weighted by atomic mass is 35.5. The van der Waals surface area contributed by atoms with Crippen molar-refractivity contribution in [3.05, 3.63) is 65.2 Å². The molecule has 1 amide bonds. The van der Waals surface area contributed by atoms with Crippen LogP contribution in [0.15, 0.2) is 59.5 Å². The maximum Gasteiger partial charge on any atom is 0.307 e. The van der Waals surface area contributed by atoms with Gasteiger partial charge in [-0.2, -0.15) is 4.31 Å². The monoisotopic (exact) mass is 424 g/mol. The van der Waals surface area contributed by atoms with Crippen molar-refractivity contribution in [2.24, 2.45) is 11.7 Å². The number of aliphatic carboxylic acids is 1. The van der Waals surface area contributed by atoms with E-state index in [9.17, 15) is 18.0 Å². The van der Waals surface area contributed by atoms with Crippen molar-refractivity contribution in [2.75, 3.05) is 13.1 Å². The van der Waals surface area contributed by atoms with Gasteiger partial charge in [-0.25, -0.2) is 8.42 Å². The number of carbonyl (C=O) groups is 2. The van der Waals surface area contributed by atoms with Crippen LogP contribution in [0.25, 0.3) is 0 Å². The van der Waals surface area contributed by atoms with E-state index in [2.05, 4.69) is 0 Å². The minimum Gasteiger partial charge on any atom is -0.481 e. The summed E-state index contributed by atoms with van der Waals surface area (Å²) in [7, 11) is -3.56. The molecule has 0 bridgehead atoms. The Bertz CT molecular complexity index is 934. The lowest BCUT2D eigenvalue weighted by Crippen LogP contribution is -2.42. The first-order valence-electron chi connectivity index (χ1n) is 8.56. The molecule has 1 fully saturated rings. The Balaban J connectivity index is 0.000000237. The summed E-state index contributed by atoms with van der Waals surface area (Å²) in [6.07, 6.45) is 1.12. The second-order valence-corrected chi connectivity index (χ2v) is 8.54. The van der Waals surface area contributed by atoms with Gasteiger partial charge in [0.25, 0.3) is 0 Å². The number of halogens is 1. The molecule has 3 rings (SSSR count). The molecule has 0 saturated carbocycles. The molecular weight excluding hydrogens is 404 g/mol. The van der Waals surface area contributed by atoms with E-state index < -0.39 is 27.8 Å². The van der Waals surface area contributed by atoms with E-state index >= 15 is 0 Å². The quantitative estimate of drug-likeness (QED) is 0.782. The fraction of sp³-hybridized carbons (Fsp3) is 0.263. The Morgan fingerprint density at radius 1 is 1.07 bits per heavy atom. The van der Waals surface area contributed by atoms with Crippen molar-refractivity contribution in [3.63, 3.8) is 0 Å². The first kappa shape index (κ1) is 21.9. The molecule has 150 valence electrons. The summed E-state index contributed by atoms with van der Waals surface area (Å²) in [4.78, 5) is 21.7. The summed E-state index contributed by atoms with van der Waals surface area (Å²) in [5.74, 6) is -2.02. The van der Waals surface area contributed by atoms with Crippen molar-refractivity contribution in [1.29, 1.82) is 0 Å². The SMILES string of the molecule is NC(=O)c1ccccc1Cl.O=C(O)C1CCCN(S(=O)(=O)c2ccccc2)C1. The zero-order chi connectivity index (χ0) is 20.7.